The van der Waals surface area contributed by atoms with E-state index < -0.39 is 6.10 Å². The molecule has 5 nitrogen and oxygen atoms in total. The smallest absolute Gasteiger partial charge is 0.305 e. The number of para-hydroxylation sites is 1. The number of rotatable bonds is 9. The third-order valence-electron chi connectivity index (χ3n) is 5.84. The Kier molecular flexibility index (Phi) is 9.14. The molecule has 1 saturated carbocycles. The Morgan fingerprint density at radius 2 is 2.10 bits per heavy atom. The average molecular weight is 413 g/mol. The van der Waals surface area contributed by atoms with Crippen LogP contribution < -0.4 is 0 Å². The Bertz CT molecular complexity index is 830. The van der Waals surface area contributed by atoms with E-state index in [1.54, 1.807) is 19.1 Å². The van der Waals surface area contributed by atoms with Gasteiger partial charge in [-0.3, -0.25) is 9.59 Å². The Labute approximate surface area is 179 Å². The predicted octanol–water partition coefficient (Wildman–Crippen LogP) is 3.92. The van der Waals surface area contributed by atoms with Crippen molar-refractivity contribution >= 4 is 11.8 Å². The van der Waals surface area contributed by atoms with E-state index in [4.69, 9.17) is 0 Å². The molecule has 4 atom stereocenters. The normalized spacial score (nSPS) is 21.8. The lowest BCUT2D eigenvalue weighted by Gasteiger charge is -2.21. The van der Waals surface area contributed by atoms with Crippen LogP contribution in [0.15, 0.2) is 30.4 Å². The van der Waals surface area contributed by atoms with E-state index in [9.17, 15) is 19.8 Å². The zero-order valence-corrected chi connectivity index (χ0v) is 18.1. The lowest BCUT2D eigenvalue weighted by Crippen LogP contribution is -2.17. The number of methoxy groups -OCH3 is 1. The number of aryl methyl sites for hydroxylation is 1. The third-order valence-corrected chi connectivity index (χ3v) is 5.84. The lowest BCUT2D eigenvalue weighted by molar-refractivity contribution is -0.140. The van der Waals surface area contributed by atoms with E-state index in [1.165, 1.54) is 7.11 Å². The van der Waals surface area contributed by atoms with E-state index in [0.29, 0.717) is 32.1 Å². The van der Waals surface area contributed by atoms with Crippen LogP contribution in [0.1, 0.15) is 63.0 Å². The molecule has 0 amide bonds. The van der Waals surface area contributed by atoms with Crippen molar-refractivity contribution in [3.63, 3.8) is 0 Å². The zero-order chi connectivity index (χ0) is 22.1. The van der Waals surface area contributed by atoms with Crippen LogP contribution in [0.4, 0.5) is 0 Å². The number of carbonyl (C=O) groups is 2. The molecule has 1 aromatic carbocycles. The number of aliphatic hydroxyl groups is 1. The number of ketones is 1. The number of phenols is 1. The summed E-state index contributed by atoms with van der Waals surface area (Å²) in [6, 6.07) is 5.63. The maximum absolute atomic E-state index is 12.4. The summed E-state index contributed by atoms with van der Waals surface area (Å²) in [5.41, 5.74) is 1.57. The summed E-state index contributed by atoms with van der Waals surface area (Å²) in [7, 11) is 1.36. The molecule has 5 heteroatoms. The Balaban J connectivity index is 2.14. The van der Waals surface area contributed by atoms with Gasteiger partial charge in [-0.1, -0.05) is 31.2 Å². The fraction of sp³-hybridized carbons (Fsp3) is 0.520. The highest BCUT2D eigenvalue weighted by Crippen LogP contribution is 2.44. The zero-order valence-electron chi connectivity index (χ0n) is 18.1. The van der Waals surface area contributed by atoms with Crippen LogP contribution in [0, 0.1) is 23.7 Å². The number of hydrogen-bond acceptors (Lipinski definition) is 5. The highest BCUT2D eigenvalue weighted by molar-refractivity contribution is 5.91. The summed E-state index contributed by atoms with van der Waals surface area (Å²) in [6.45, 7) is 3.60. The van der Waals surface area contributed by atoms with Crippen molar-refractivity contribution in [2.24, 2.45) is 11.8 Å². The maximum Gasteiger partial charge on any atom is 0.305 e. The predicted molar refractivity (Wildman–Crippen MR) is 116 cm³/mol. The Hall–Kier alpha value is -2.58. The fourth-order valence-electron chi connectivity index (χ4n) is 3.99. The number of aliphatic hydroxyl groups excluding tert-OH is 1. The van der Waals surface area contributed by atoms with Gasteiger partial charge >= 0.3 is 5.97 Å². The number of esters is 1. The maximum atomic E-state index is 12.4. The highest BCUT2D eigenvalue weighted by Gasteiger charge is 2.36. The van der Waals surface area contributed by atoms with Crippen molar-refractivity contribution < 1.29 is 24.5 Å². The number of allylic oxidation sites excluding steroid dienone is 1. The number of phenolic OH excluding ortho intramolecular Hbond substituents is 1. The van der Waals surface area contributed by atoms with Gasteiger partial charge in [-0.05, 0) is 55.7 Å². The molecule has 1 fully saturated rings. The monoisotopic (exact) mass is 412 g/mol. The molecule has 0 heterocycles. The topological polar surface area (TPSA) is 83.8 Å². The first-order chi connectivity index (χ1) is 14.4. The summed E-state index contributed by atoms with van der Waals surface area (Å²) >= 11 is 0. The standard InChI is InChI=1S/C25H32O5/c1-4-5-8-17(2)22(26)15-14-20-19(13-16-23(20)27)21-11-6-9-18(25(21)29)10-7-12-24(28)30-3/h6,9,11,14-15,17,19-20,23,27,29H,7-8,10,12-13,16H2,1-3H3/b15-14+/t17-,19-,20+,23+/m0/s1. The second kappa shape index (κ2) is 11.6. The quantitative estimate of drug-likeness (QED) is 0.365. The molecular weight excluding hydrogens is 380 g/mol. The minimum Gasteiger partial charge on any atom is -0.507 e. The number of benzene rings is 1. The van der Waals surface area contributed by atoms with E-state index in [-0.39, 0.29) is 35.3 Å². The van der Waals surface area contributed by atoms with Crippen LogP contribution >= 0.6 is 0 Å². The lowest BCUT2D eigenvalue weighted by atomic mass is 9.85. The average Bonchev–Trinajstić information content (AvgIpc) is 3.11. The van der Waals surface area contributed by atoms with E-state index in [1.807, 2.05) is 25.1 Å². The van der Waals surface area contributed by atoms with Crippen molar-refractivity contribution in [2.75, 3.05) is 7.11 Å². The van der Waals surface area contributed by atoms with Crippen molar-refractivity contribution in [1.29, 1.82) is 0 Å². The first kappa shape index (κ1) is 23.7. The van der Waals surface area contributed by atoms with Crippen LogP contribution in [-0.4, -0.2) is 35.2 Å². The summed E-state index contributed by atoms with van der Waals surface area (Å²) in [6.07, 6.45) is 6.15. The van der Waals surface area contributed by atoms with Gasteiger partial charge in [-0.15, -0.1) is 11.8 Å². The molecule has 0 spiro atoms. The number of aromatic hydroxyl groups is 1. The van der Waals surface area contributed by atoms with Gasteiger partial charge in [0, 0.05) is 24.7 Å². The molecule has 0 saturated heterocycles. The van der Waals surface area contributed by atoms with Gasteiger partial charge in [-0.25, -0.2) is 0 Å². The Morgan fingerprint density at radius 3 is 2.80 bits per heavy atom. The van der Waals surface area contributed by atoms with E-state index in [2.05, 4.69) is 16.6 Å². The third kappa shape index (κ3) is 6.21. The van der Waals surface area contributed by atoms with Gasteiger partial charge in [-0.2, -0.15) is 0 Å². The molecule has 0 bridgehead atoms. The minimum absolute atomic E-state index is 0.00335. The molecule has 0 aliphatic heterocycles. The molecule has 0 unspecified atom stereocenters. The molecular formula is C25H32O5. The largest absolute Gasteiger partial charge is 0.507 e. The first-order valence-corrected chi connectivity index (χ1v) is 10.6. The van der Waals surface area contributed by atoms with Crippen molar-refractivity contribution in [1.82, 2.24) is 0 Å². The molecule has 1 aliphatic carbocycles. The van der Waals surface area contributed by atoms with Crippen LogP contribution in [-0.2, 0) is 20.7 Å². The second-order valence-electron chi connectivity index (χ2n) is 7.91. The van der Waals surface area contributed by atoms with Gasteiger partial charge in [0.2, 0.25) is 0 Å². The molecule has 2 N–H and O–H groups in total. The summed E-state index contributed by atoms with van der Waals surface area (Å²) < 4.78 is 4.66. The SMILES string of the molecule is CC#CC[C@H](C)C(=O)/C=C/[C@H]1[C@H](O)CC[C@@H]1c1cccc(CCCC(=O)OC)c1O. The molecule has 1 aromatic rings. The number of ether oxygens (including phenoxy) is 1. The Morgan fingerprint density at radius 1 is 1.33 bits per heavy atom. The molecule has 2 rings (SSSR count). The molecule has 1 aliphatic rings. The summed E-state index contributed by atoms with van der Waals surface area (Å²) in [5, 5.41) is 21.3. The molecule has 162 valence electrons. The number of carbonyl (C=O) groups excluding carboxylic acids is 2. The summed E-state index contributed by atoms with van der Waals surface area (Å²) in [5.74, 6) is 5.21. The molecule has 30 heavy (non-hydrogen) atoms. The first-order valence-electron chi connectivity index (χ1n) is 10.6. The van der Waals surface area contributed by atoms with Gasteiger partial charge in [0.05, 0.1) is 13.2 Å². The van der Waals surface area contributed by atoms with E-state index in [0.717, 1.165) is 17.5 Å². The van der Waals surface area contributed by atoms with Gasteiger partial charge < -0.3 is 14.9 Å². The van der Waals surface area contributed by atoms with E-state index >= 15 is 0 Å². The highest BCUT2D eigenvalue weighted by atomic mass is 16.5. The van der Waals surface area contributed by atoms with Gasteiger partial charge in [0.25, 0.3) is 0 Å². The minimum atomic E-state index is -0.549. The fourth-order valence-corrected chi connectivity index (χ4v) is 3.99. The van der Waals surface area contributed by atoms with Gasteiger partial charge in [0.15, 0.2) is 5.78 Å². The van der Waals surface area contributed by atoms with Crippen LogP contribution in [0.25, 0.3) is 0 Å². The van der Waals surface area contributed by atoms with Gasteiger partial charge in [0.1, 0.15) is 5.75 Å². The summed E-state index contributed by atoms with van der Waals surface area (Å²) in [4.78, 5) is 23.7. The van der Waals surface area contributed by atoms with Crippen LogP contribution in [0.3, 0.4) is 0 Å². The van der Waals surface area contributed by atoms with Crippen LogP contribution in [0.2, 0.25) is 0 Å². The van der Waals surface area contributed by atoms with Crippen molar-refractivity contribution in [3.05, 3.63) is 41.5 Å². The van der Waals surface area contributed by atoms with Crippen molar-refractivity contribution in [3.8, 4) is 17.6 Å². The van der Waals surface area contributed by atoms with Crippen LogP contribution in [0.5, 0.6) is 5.75 Å². The van der Waals surface area contributed by atoms with Crippen molar-refractivity contribution in [2.45, 2.75) is 64.4 Å². The second-order valence-corrected chi connectivity index (χ2v) is 7.91. The molecule has 0 aromatic heterocycles. The molecule has 0 radical (unpaired) electrons. The number of hydrogen-bond donors (Lipinski definition) is 2.